The first-order valence-electron chi connectivity index (χ1n) is 5.44. The molecule has 0 fully saturated rings. The highest BCUT2D eigenvalue weighted by Gasteiger charge is 2.02. The molecule has 1 unspecified atom stereocenters. The van der Waals surface area contributed by atoms with E-state index in [1.807, 2.05) is 30.0 Å². The van der Waals surface area contributed by atoms with Crippen molar-refractivity contribution in [2.45, 2.75) is 31.2 Å². The number of hydrogen-bond donors (Lipinski definition) is 1. The van der Waals surface area contributed by atoms with Crippen LogP contribution in [0, 0.1) is 0 Å². The van der Waals surface area contributed by atoms with Gasteiger partial charge in [-0.3, -0.25) is 0 Å². The van der Waals surface area contributed by atoms with Crippen molar-refractivity contribution < 1.29 is 0 Å². The second kappa shape index (κ2) is 7.44. The number of rotatable bonds is 6. The molecule has 16 heavy (non-hydrogen) atoms. The van der Waals surface area contributed by atoms with Crippen molar-refractivity contribution in [3.8, 4) is 0 Å². The molecule has 0 aliphatic rings. The zero-order valence-electron chi connectivity index (χ0n) is 9.59. The molecule has 0 amide bonds. The number of hydrogen-bond acceptors (Lipinski definition) is 2. The summed E-state index contributed by atoms with van der Waals surface area (Å²) < 4.78 is 0. The van der Waals surface area contributed by atoms with E-state index in [1.165, 1.54) is 4.90 Å². The molecule has 1 atom stereocenters. The molecule has 90 valence electrons. The molecule has 1 rings (SSSR count). The van der Waals surface area contributed by atoms with Gasteiger partial charge in [0.15, 0.2) is 0 Å². The third-order valence-corrected chi connectivity index (χ3v) is 4.03. The van der Waals surface area contributed by atoms with E-state index in [9.17, 15) is 0 Å². The fourth-order valence-corrected chi connectivity index (χ4v) is 2.81. The van der Waals surface area contributed by atoms with Crippen molar-refractivity contribution in [3.63, 3.8) is 0 Å². The number of nitrogens with one attached hydrogen (secondary N) is 1. The lowest BCUT2D eigenvalue weighted by atomic mass is 10.3. The van der Waals surface area contributed by atoms with Crippen LogP contribution in [0.15, 0.2) is 23.1 Å². The van der Waals surface area contributed by atoms with Crippen LogP contribution in [0.3, 0.4) is 0 Å². The van der Waals surface area contributed by atoms with Crippen LogP contribution in [-0.4, -0.2) is 18.3 Å². The van der Waals surface area contributed by atoms with Gasteiger partial charge in [-0.05, 0) is 43.8 Å². The summed E-state index contributed by atoms with van der Waals surface area (Å²) in [5.41, 5.74) is 0. The van der Waals surface area contributed by atoms with Gasteiger partial charge in [0.2, 0.25) is 0 Å². The van der Waals surface area contributed by atoms with Gasteiger partial charge in [0.25, 0.3) is 0 Å². The fraction of sp³-hybridized carbons (Fsp3) is 0.500. The Labute approximate surface area is 112 Å². The average molecular weight is 278 g/mol. The van der Waals surface area contributed by atoms with Crippen LogP contribution in [0.4, 0.5) is 0 Å². The highest BCUT2D eigenvalue weighted by molar-refractivity contribution is 7.99. The molecule has 0 saturated heterocycles. The Bertz CT molecular complexity index is 331. The third kappa shape index (κ3) is 4.96. The van der Waals surface area contributed by atoms with Crippen molar-refractivity contribution in [3.05, 3.63) is 28.2 Å². The molecule has 1 aromatic rings. The lowest BCUT2D eigenvalue weighted by molar-refractivity contribution is 0.556. The average Bonchev–Trinajstić information content (AvgIpc) is 2.24. The van der Waals surface area contributed by atoms with Gasteiger partial charge in [-0.25, -0.2) is 0 Å². The third-order valence-electron chi connectivity index (χ3n) is 2.26. The molecular weight excluding hydrogens is 261 g/mol. The molecule has 1 aromatic carbocycles. The molecule has 4 heteroatoms. The molecule has 0 aromatic heterocycles. The van der Waals surface area contributed by atoms with Crippen molar-refractivity contribution >= 4 is 35.0 Å². The summed E-state index contributed by atoms with van der Waals surface area (Å²) in [4.78, 5) is 1.18. The van der Waals surface area contributed by atoms with Gasteiger partial charge < -0.3 is 5.32 Å². The maximum Gasteiger partial charge on any atom is 0.0603 e. The van der Waals surface area contributed by atoms with Crippen LogP contribution in [-0.2, 0) is 0 Å². The van der Waals surface area contributed by atoms with E-state index in [1.54, 1.807) is 0 Å². The van der Waals surface area contributed by atoms with Crippen LogP contribution in [0.2, 0.25) is 10.0 Å². The lowest BCUT2D eigenvalue weighted by Crippen LogP contribution is -2.25. The predicted molar refractivity (Wildman–Crippen MR) is 74.9 cm³/mol. The molecule has 0 heterocycles. The Morgan fingerprint density at radius 1 is 1.31 bits per heavy atom. The van der Waals surface area contributed by atoms with E-state index in [-0.39, 0.29) is 0 Å². The molecular formula is C12H17Cl2NS. The first-order valence-corrected chi connectivity index (χ1v) is 7.19. The Morgan fingerprint density at radius 2 is 2.06 bits per heavy atom. The number of benzene rings is 1. The normalized spacial score (nSPS) is 12.8. The summed E-state index contributed by atoms with van der Waals surface area (Å²) in [5, 5.41) is 4.64. The van der Waals surface area contributed by atoms with Crippen molar-refractivity contribution in [1.29, 1.82) is 0 Å². The minimum atomic E-state index is 0.570. The highest BCUT2D eigenvalue weighted by Crippen LogP contribution is 2.28. The summed E-state index contributed by atoms with van der Waals surface area (Å²) in [7, 11) is 0. The molecule has 1 nitrogen and oxygen atoms in total. The topological polar surface area (TPSA) is 12.0 Å². The first kappa shape index (κ1) is 14.2. The maximum absolute atomic E-state index is 5.95. The Hall–Kier alpha value is 0.110. The van der Waals surface area contributed by atoms with Gasteiger partial charge in [0.05, 0.1) is 10.0 Å². The van der Waals surface area contributed by atoms with Gasteiger partial charge in [-0.1, -0.05) is 30.1 Å². The second-order valence-electron chi connectivity index (χ2n) is 3.67. The van der Waals surface area contributed by atoms with Crippen LogP contribution in [0.1, 0.15) is 20.3 Å². The monoisotopic (exact) mass is 277 g/mol. The SMILES string of the molecule is CCNC(C)CCSc1ccc(Cl)c(Cl)c1. The molecule has 0 radical (unpaired) electrons. The summed E-state index contributed by atoms with van der Waals surface area (Å²) in [6.45, 7) is 5.36. The summed E-state index contributed by atoms with van der Waals surface area (Å²) in [5.74, 6) is 1.09. The molecule has 0 aliphatic heterocycles. The summed E-state index contributed by atoms with van der Waals surface area (Å²) in [6.07, 6.45) is 1.15. The van der Waals surface area contributed by atoms with E-state index >= 15 is 0 Å². The maximum atomic E-state index is 5.95. The number of thioether (sulfide) groups is 1. The molecule has 0 aliphatic carbocycles. The van der Waals surface area contributed by atoms with Crippen molar-refractivity contribution in [2.75, 3.05) is 12.3 Å². The largest absolute Gasteiger partial charge is 0.315 e. The van der Waals surface area contributed by atoms with E-state index in [0.29, 0.717) is 16.1 Å². The van der Waals surface area contributed by atoms with Gasteiger partial charge in [-0.2, -0.15) is 0 Å². The van der Waals surface area contributed by atoms with Gasteiger partial charge in [-0.15, -0.1) is 11.8 Å². The summed E-state index contributed by atoms with van der Waals surface area (Å²) in [6, 6.07) is 6.35. The zero-order chi connectivity index (χ0) is 12.0. The smallest absolute Gasteiger partial charge is 0.0603 e. The van der Waals surface area contributed by atoms with Gasteiger partial charge in [0, 0.05) is 10.9 Å². The number of halogens is 2. The fourth-order valence-electron chi connectivity index (χ4n) is 1.37. The van der Waals surface area contributed by atoms with Crippen molar-refractivity contribution in [2.24, 2.45) is 0 Å². The van der Waals surface area contributed by atoms with Crippen LogP contribution < -0.4 is 5.32 Å². The van der Waals surface area contributed by atoms with E-state index in [4.69, 9.17) is 23.2 Å². The Balaban J connectivity index is 2.34. The summed E-state index contributed by atoms with van der Waals surface area (Å²) >= 11 is 13.6. The van der Waals surface area contributed by atoms with Gasteiger partial charge in [0.1, 0.15) is 0 Å². The minimum Gasteiger partial charge on any atom is -0.315 e. The van der Waals surface area contributed by atoms with Crippen LogP contribution in [0.25, 0.3) is 0 Å². The van der Waals surface area contributed by atoms with E-state index in [0.717, 1.165) is 18.7 Å². The molecule has 0 saturated carbocycles. The standard InChI is InChI=1S/C12H17Cl2NS/c1-3-15-9(2)6-7-16-10-4-5-11(13)12(14)8-10/h4-5,8-9,15H,3,6-7H2,1-2H3. The quantitative estimate of drug-likeness (QED) is 0.770. The van der Waals surface area contributed by atoms with Crippen molar-refractivity contribution in [1.82, 2.24) is 5.32 Å². The van der Waals surface area contributed by atoms with E-state index < -0.39 is 0 Å². The second-order valence-corrected chi connectivity index (χ2v) is 5.65. The molecule has 0 bridgehead atoms. The van der Waals surface area contributed by atoms with Crippen LogP contribution >= 0.6 is 35.0 Å². The van der Waals surface area contributed by atoms with Gasteiger partial charge >= 0.3 is 0 Å². The Kier molecular flexibility index (Phi) is 6.59. The van der Waals surface area contributed by atoms with E-state index in [2.05, 4.69) is 19.2 Å². The lowest BCUT2D eigenvalue weighted by Gasteiger charge is -2.11. The zero-order valence-corrected chi connectivity index (χ0v) is 11.9. The highest BCUT2D eigenvalue weighted by atomic mass is 35.5. The predicted octanol–water partition coefficient (Wildman–Crippen LogP) is 4.47. The molecule has 0 spiro atoms. The molecule has 1 N–H and O–H groups in total. The minimum absolute atomic E-state index is 0.570. The Morgan fingerprint density at radius 3 is 2.69 bits per heavy atom. The van der Waals surface area contributed by atoms with Crippen LogP contribution in [0.5, 0.6) is 0 Å². The first-order chi connectivity index (χ1) is 7.63.